The molecule has 1 saturated heterocycles. The molecule has 26 heavy (non-hydrogen) atoms. The van der Waals surface area contributed by atoms with Crippen molar-refractivity contribution >= 4 is 33.1 Å². The SMILES string of the molecule is COC(=O)c1cnc(NCc2cccs2)c(S(=O)(=O)N2CCOCC2)c1. The van der Waals surface area contributed by atoms with E-state index in [1.54, 1.807) is 11.3 Å². The summed E-state index contributed by atoms with van der Waals surface area (Å²) in [4.78, 5) is 17.0. The van der Waals surface area contributed by atoms with Crippen molar-refractivity contribution in [2.24, 2.45) is 0 Å². The second-order valence-electron chi connectivity index (χ2n) is 5.51. The number of thiophene rings is 1. The highest BCUT2D eigenvalue weighted by atomic mass is 32.2. The first-order valence-electron chi connectivity index (χ1n) is 7.95. The van der Waals surface area contributed by atoms with Gasteiger partial charge in [0.05, 0.1) is 32.4 Å². The van der Waals surface area contributed by atoms with Crippen molar-refractivity contribution in [3.8, 4) is 0 Å². The van der Waals surface area contributed by atoms with Crippen LogP contribution in [0.2, 0.25) is 0 Å². The molecular weight excluding hydrogens is 378 g/mol. The zero-order valence-electron chi connectivity index (χ0n) is 14.2. The van der Waals surface area contributed by atoms with Gasteiger partial charge in [0.25, 0.3) is 0 Å². The summed E-state index contributed by atoms with van der Waals surface area (Å²) in [5.41, 5.74) is 0.0843. The number of anilines is 1. The van der Waals surface area contributed by atoms with Gasteiger partial charge in [0.15, 0.2) is 0 Å². The Morgan fingerprint density at radius 2 is 2.19 bits per heavy atom. The summed E-state index contributed by atoms with van der Waals surface area (Å²) in [7, 11) is -2.59. The van der Waals surface area contributed by atoms with Crippen molar-refractivity contribution < 1.29 is 22.7 Å². The second-order valence-corrected chi connectivity index (χ2v) is 8.45. The van der Waals surface area contributed by atoms with Crippen LogP contribution in [0.3, 0.4) is 0 Å². The highest BCUT2D eigenvalue weighted by Crippen LogP contribution is 2.26. The number of pyridine rings is 1. The number of hydrogen-bond donors (Lipinski definition) is 1. The van der Waals surface area contributed by atoms with Gasteiger partial charge in [0.1, 0.15) is 10.7 Å². The minimum absolute atomic E-state index is 0.0427. The highest BCUT2D eigenvalue weighted by molar-refractivity contribution is 7.89. The maximum Gasteiger partial charge on any atom is 0.339 e. The summed E-state index contributed by atoms with van der Waals surface area (Å²) in [6.45, 7) is 1.63. The molecule has 1 N–H and O–H groups in total. The third-order valence-electron chi connectivity index (χ3n) is 3.87. The van der Waals surface area contributed by atoms with Crippen LogP contribution in [0, 0.1) is 0 Å². The van der Waals surface area contributed by atoms with Gasteiger partial charge in [-0.15, -0.1) is 11.3 Å². The van der Waals surface area contributed by atoms with E-state index >= 15 is 0 Å². The number of hydrogen-bond acceptors (Lipinski definition) is 8. The van der Waals surface area contributed by atoms with Gasteiger partial charge in [0, 0.05) is 24.2 Å². The van der Waals surface area contributed by atoms with Crippen LogP contribution in [0.1, 0.15) is 15.2 Å². The lowest BCUT2D eigenvalue weighted by molar-refractivity contribution is 0.0600. The lowest BCUT2D eigenvalue weighted by Gasteiger charge is -2.26. The molecule has 0 atom stereocenters. The highest BCUT2D eigenvalue weighted by Gasteiger charge is 2.30. The molecule has 0 saturated carbocycles. The number of morpholine rings is 1. The minimum atomic E-state index is -3.82. The molecular formula is C16H19N3O5S2. The molecule has 2 aromatic heterocycles. The predicted octanol–water partition coefficient (Wildman–Crippen LogP) is 1.56. The summed E-state index contributed by atoms with van der Waals surface area (Å²) in [5, 5.41) is 5.00. The third kappa shape index (κ3) is 4.04. The number of sulfonamides is 1. The molecule has 0 spiro atoms. The monoisotopic (exact) mass is 397 g/mol. The topological polar surface area (TPSA) is 97.8 Å². The van der Waals surface area contributed by atoms with Crippen LogP contribution in [0.4, 0.5) is 5.82 Å². The van der Waals surface area contributed by atoms with Crippen LogP contribution < -0.4 is 5.32 Å². The maximum absolute atomic E-state index is 13.1. The van der Waals surface area contributed by atoms with Crippen LogP contribution in [0.25, 0.3) is 0 Å². The molecule has 3 rings (SSSR count). The fourth-order valence-electron chi connectivity index (χ4n) is 2.51. The summed E-state index contributed by atoms with van der Waals surface area (Å²) >= 11 is 1.55. The zero-order valence-corrected chi connectivity index (χ0v) is 15.8. The average molecular weight is 397 g/mol. The first-order chi connectivity index (χ1) is 12.5. The molecule has 1 aliphatic rings. The van der Waals surface area contributed by atoms with Gasteiger partial charge in [-0.05, 0) is 17.5 Å². The molecule has 0 amide bonds. The summed E-state index contributed by atoms with van der Waals surface area (Å²) in [5.74, 6) is -0.432. The van der Waals surface area contributed by atoms with Crippen molar-refractivity contribution in [1.82, 2.24) is 9.29 Å². The van der Waals surface area contributed by atoms with Crippen molar-refractivity contribution in [2.75, 3.05) is 38.7 Å². The number of aromatic nitrogens is 1. The van der Waals surface area contributed by atoms with E-state index < -0.39 is 16.0 Å². The summed E-state index contributed by atoms with van der Waals surface area (Å²) in [6.07, 6.45) is 1.31. The Bertz CT molecular complexity index is 862. The number of ether oxygens (including phenoxy) is 2. The quantitative estimate of drug-likeness (QED) is 0.739. The predicted molar refractivity (Wildman–Crippen MR) is 96.8 cm³/mol. The van der Waals surface area contributed by atoms with Gasteiger partial charge in [-0.2, -0.15) is 4.31 Å². The van der Waals surface area contributed by atoms with Crippen LogP contribution in [-0.2, 0) is 26.0 Å². The molecule has 8 nitrogen and oxygen atoms in total. The lowest BCUT2D eigenvalue weighted by Crippen LogP contribution is -2.41. The van der Waals surface area contributed by atoms with Gasteiger partial charge in [-0.3, -0.25) is 0 Å². The van der Waals surface area contributed by atoms with E-state index in [0.717, 1.165) is 4.88 Å². The smallest absolute Gasteiger partial charge is 0.339 e. The number of rotatable bonds is 6. The maximum atomic E-state index is 13.1. The van der Waals surface area contributed by atoms with Crippen LogP contribution >= 0.6 is 11.3 Å². The van der Waals surface area contributed by atoms with Gasteiger partial charge in [0.2, 0.25) is 10.0 Å². The largest absolute Gasteiger partial charge is 0.465 e. The van der Waals surface area contributed by atoms with Gasteiger partial charge in [-0.25, -0.2) is 18.2 Å². The van der Waals surface area contributed by atoms with Crippen molar-refractivity contribution in [1.29, 1.82) is 0 Å². The Balaban J connectivity index is 1.96. The molecule has 1 aliphatic heterocycles. The molecule has 140 valence electrons. The van der Waals surface area contributed by atoms with Crippen LogP contribution in [0.15, 0.2) is 34.7 Å². The number of carbonyl (C=O) groups is 1. The van der Waals surface area contributed by atoms with E-state index in [-0.39, 0.29) is 29.4 Å². The molecule has 0 aromatic carbocycles. The Morgan fingerprint density at radius 3 is 2.85 bits per heavy atom. The Kier molecular flexibility index (Phi) is 5.87. The molecule has 0 unspecified atom stereocenters. The number of nitrogens with one attached hydrogen (secondary N) is 1. The zero-order chi connectivity index (χ0) is 18.6. The fraction of sp³-hybridized carbons (Fsp3) is 0.375. The molecule has 10 heteroatoms. The number of carbonyl (C=O) groups excluding carboxylic acids is 1. The van der Waals surface area contributed by atoms with Crippen molar-refractivity contribution in [3.05, 3.63) is 40.2 Å². The Hall–Kier alpha value is -2.01. The van der Waals surface area contributed by atoms with E-state index in [2.05, 4.69) is 15.0 Å². The van der Waals surface area contributed by atoms with E-state index in [9.17, 15) is 13.2 Å². The van der Waals surface area contributed by atoms with Gasteiger partial charge in [-0.1, -0.05) is 6.07 Å². The number of methoxy groups -OCH3 is 1. The first kappa shape index (κ1) is 18.8. The van der Waals surface area contributed by atoms with E-state index in [1.165, 1.54) is 23.7 Å². The van der Waals surface area contributed by atoms with E-state index in [0.29, 0.717) is 19.8 Å². The summed E-state index contributed by atoms with van der Waals surface area (Å²) < 4.78 is 37.4. The van der Waals surface area contributed by atoms with E-state index in [4.69, 9.17) is 4.74 Å². The van der Waals surface area contributed by atoms with E-state index in [1.807, 2.05) is 17.5 Å². The van der Waals surface area contributed by atoms with Gasteiger partial charge < -0.3 is 14.8 Å². The molecule has 3 heterocycles. The Labute approximate surface area is 155 Å². The molecule has 0 radical (unpaired) electrons. The summed E-state index contributed by atoms with van der Waals surface area (Å²) in [6, 6.07) is 5.16. The third-order valence-corrected chi connectivity index (χ3v) is 6.66. The lowest BCUT2D eigenvalue weighted by atomic mass is 10.3. The standard InChI is InChI=1S/C16H19N3O5S2/c1-23-16(20)12-9-14(26(21,22)19-4-6-24-7-5-19)15(17-10-12)18-11-13-3-2-8-25-13/h2-3,8-10H,4-7,11H2,1H3,(H,17,18). The molecule has 1 fully saturated rings. The normalized spacial score (nSPS) is 15.6. The van der Waals surface area contributed by atoms with Gasteiger partial charge >= 0.3 is 5.97 Å². The van der Waals surface area contributed by atoms with Crippen molar-refractivity contribution in [3.63, 3.8) is 0 Å². The molecule has 2 aromatic rings. The average Bonchev–Trinajstić information content (AvgIpc) is 3.20. The van der Waals surface area contributed by atoms with Crippen LogP contribution in [-0.4, -0.2) is 57.1 Å². The second kappa shape index (κ2) is 8.12. The molecule has 0 bridgehead atoms. The first-order valence-corrected chi connectivity index (χ1v) is 10.3. The fourth-order valence-corrected chi connectivity index (χ4v) is 4.71. The molecule has 0 aliphatic carbocycles. The van der Waals surface area contributed by atoms with Crippen LogP contribution in [0.5, 0.6) is 0 Å². The van der Waals surface area contributed by atoms with Crippen molar-refractivity contribution in [2.45, 2.75) is 11.4 Å². The number of esters is 1. The minimum Gasteiger partial charge on any atom is -0.465 e. The number of nitrogens with zero attached hydrogens (tertiary/aromatic N) is 2. The Morgan fingerprint density at radius 1 is 1.42 bits per heavy atom.